The summed E-state index contributed by atoms with van der Waals surface area (Å²) < 4.78 is 19.5. The minimum atomic E-state index is -2.59. The molecule has 0 fully saturated rings. The van der Waals surface area contributed by atoms with Gasteiger partial charge in [0, 0.05) is 4.11 Å². The van der Waals surface area contributed by atoms with E-state index in [0.29, 0.717) is 0 Å². The number of carbonyl (C=O) groups is 1. The first-order valence-corrected chi connectivity index (χ1v) is 1.34. The highest BCUT2D eigenvalue weighted by molar-refractivity contribution is 5.72. The predicted molar refractivity (Wildman–Crippen MR) is 21.3 cm³/mol. The third kappa shape index (κ3) is 1.72. The summed E-state index contributed by atoms with van der Waals surface area (Å²) in [6.45, 7) is -2.59. The van der Waals surface area contributed by atoms with E-state index in [1.54, 1.807) is 0 Å². The van der Waals surface area contributed by atoms with Gasteiger partial charge in [0.2, 0.25) is 0 Å². The van der Waals surface area contributed by atoms with Crippen molar-refractivity contribution in [2.75, 3.05) is 0 Å². The number of rotatable bonds is 1. The Hall–Kier alpha value is -0.570. The zero-order chi connectivity index (χ0) is 7.65. The van der Waals surface area contributed by atoms with Crippen molar-refractivity contribution in [3.63, 3.8) is 0 Å². The van der Waals surface area contributed by atoms with Crippen LogP contribution in [0.5, 0.6) is 0 Å². The lowest BCUT2D eigenvalue weighted by atomic mass is 10.4. The molecule has 0 heterocycles. The van der Waals surface area contributed by atoms with Crippen LogP contribution in [-0.2, 0) is 4.79 Å². The lowest BCUT2D eigenvalue weighted by molar-refractivity contribution is -0.138. The molecule has 6 heavy (non-hydrogen) atoms. The average Bonchev–Trinajstić information content (AvgIpc) is 1.62. The monoisotopic (exact) mass is 92.1 g/mol. The van der Waals surface area contributed by atoms with Crippen molar-refractivity contribution < 1.29 is 14.0 Å². The van der Waals surface area contributed by atoms with Gasteiger partial charge in [0.25, 0.3) is 0 Å². The summed E-state index contributed by atoms with van der Waals surface area (Å²) in [5.41, 5.74) is 4.73. The highest BCUT2D eigenvalue weighted by Crippen LogP contribution is 1.68. The molecule has 0 aliphatic heterocycles. The van der Waals surface area contributed by atoms with Crippen LogP contribution < -0.4 is 5.73 Å². The number of aliphatic carboxylic acids is 1. The first-order chi connectivity index (χ1) is 3.85. The summed E-state index contributed by atoms with van der Waals surface area (Å²) in [6.07, 6.45) is 0. The zero-order valence-electron chi connectivity index (χ0n) is 6.01. The van der Waals surface area contributed by atoms with Crippen LogP contribution in [-0.4, -0.2) is 17.1 Å². The molecule has 0 saturated carbocycles. The zero-order valence-corrected chi connectivity index (χ0v) is 3.01. The predicted octanol–water partition coefficient (Wildman–Crippen LogP) is -0.582. The van der Waals surface area contributed by atoms with Crippen LogP contribution in [0.4, 0.5) is 0 Å². The Kier molecular flexibility index (Phi) is 0.569. The van der Waals surface area contributed by atoms with Gasteiger partial charge in [0.1, 0.15) is 6.04 Å². The second-order valence-corrected chi connectivity index (χ2v) is 0.816. The van der Waals surface area contributed by atoms with E-state index in [4.69, 9.17) is 15.0 Å². The minimum Gasteiger partial charge on any atom is -0.480 e. The van der Waals surface area contributed by atoms with Gasteiger partial charge in [0.05, 0.1) is 0 Å². The third-order valence-electron chi connectivity index (χ3n) is 0.266. The lowest BCUT2D eigenvalue weighted by Crippen LogP contribution is -2.25. The van der Waals surface area contributed by atoms with Gasteiger partial charge in [0.15, 0.2) is 0 Å². The first-order valence-electron chi connectivity index (χ1n) is 2.84. The van der Waals surface area contributed by atoms with E-state index in [2.05, 4.69) is 0 Å². The topological polar surface area (TPSA) is 63.3 Å². The van der Waals surface area contributed by atoms with Crippen molar-refractivity contribution in [3.8, 4) is 0 Å². The molecule has 0 aliphatic carbocycles. The third-order valence-corrected chi connectivity index (χ3v) is 0.266. The Bertz CT molecular complexity index is 121. The van der Waals surface area contributed by atoms with E-state index in [1.807, 2.05) is 0 Å². The van der Waals surface area contributed by atoms with E-state index in [0.717, 1.165) is 0 Å². The quantitative estimate of drug-likeness (QED) is 0.454. The average molecular weight is 92.1 g/mol. The van der Waals surface area contributed by atoms with E-state index in [9.17, 15) is 4.79 Å². The Labute approximate surface area is 40.0 Å². The molecular formula is C3H7NO2. The molecule has 3 nitrogen and oxygen atoms in total. The molecule has 0 amide bonds. The van der Waals surface area contributed by atoms with Gasteiger partial charge in [-0.3, -0.25) is 4.79 Å². The van der Waals surface area contributed by atoms with Crippen LogP contribution in [0.3, 0.4) is 0 Å². The van der Waals surface area contributed by atoms with Gasteiger partial charge >= 0.3 is 5.97 Å². The summed E-state index contributed by atoms with van der Waals surface area (Å²) in [5, 5.41) is 8.03. The molecule has 0 radical (unpaired) electrons. The summed E-state index contributed by atoms with van der Waals surface area (Å²) >= 11 is 0. The molecular weight excluding hydrogens is 82.0 g/mol. The molecule has 0 aliphatic rings. The highest BCUT2D eigenvalue weighted by Gasteiger charge is 1.99. The van der Waals surface area contributed by atoms with Crippen molar-refractivity contribution in [1.82, 2.24) is 0 Å². The SMILES string of the molecule is [2H]C([2H])([2H])[C@@H](N)C(=O)O. The molecule has 3 heteroatoms. The largest absolute Gasteiger partial charge is 0.480 e. The van der Waals surface area contributed by atoms with Crippen molar-refractivity contribution in [3.05, 3.63) is 0 Å². The van der Waals surface area contributed by atoms with Gasteiger partial charge in [-0.05, 0) is 6.85 Å². The molecule has 1 atom stereocenters. The molecule has 0 rings (SSSR count). The number of carboxylic acids is 1. The van der Waals surface area contributed by atoms with Gasteiger partial charge < -0.3 is 10.8 Å². The van der Waals surface area contributed by atoms with Gasteiger partial charge in [-0.15, -0.1) is 0 Å². The lowest BCUT2D eigenvalue weighted by Gasteiger charge is -1.90. The standard InChI is InChI=1S/C3H7NO2/c1-2(4)3(5)6/h2H,4H2,1H3,(H,5,6)/t2-/m1/s1/i1D3. The van der Waals surface area contributed by atoms with Crippen LogP contribution in [0, 0.1) is 0 Å². The maximum atomic E-state index is 9.86. The van der Waals surface area contributed by atoms with E-state index in [1.165, 1.54) is 0 Å². The molecule has 0 unspecified atom stereocenters. The Morgan fingerprint density at radius 1 is 2.33 bits per heavy atom. The Morgan fingerprint density at radius 2 is 2.83 bits per heavy atom. The van der Waals surface area contributed by atoms with Crippen LogP contribution >= 0.6 is 0 Å². The van der Waals surface area contributed by atoms with Crippen molar-refractivity contribution in [1.29, 1.82) is 0 Å². The number of hydrogen-bond acceptors (Lipinski definition) is 2. The fourth-order valence-electron chi connectivity index (χ4n) is 0. The maximum absolute atomic E-state index is 9.86. The summed E-state index contributed by atoms with van der Waals surface area (Å²) in [4.78, 5) is 9.86. The summed E-state index contributed by atoms with van der Waals surface area (Å²) in [7, 11) is 0. The first kappa shape index (κ1) is 1.93. The minimum absolute atomic E-state index is 1.50. The van der Waals surface area contributed by atoms with Crippen LogP contribution in [0.1, 0.15) is 11.0 Å². The Morgan fingerprint density at radius 3 is 2.83 bits per heavy atom. The molecule has 36 valence electrons. The van der Waals surface area contributed by atoms with Gasteiger partial charge in [-0.2, -0.15) is 0 Å². The van der Waals surface area contributed by atoms with Gasteiger partial charge in [-0.1, -0.05) is 0 Å². The summed E-state index contributed by atoms with van der Waals surface area (Å²) in [5.74, 6) is -1.50. The van der Waals surface area contributed by atoms with Crippen LogP contribution in [0.2, 0.25) is 0 Å². The number of hydrogen-bond donors (Lipinski definition) is 2. The van der Waals surface area contributed by atoms with Gasteiger partial charge in [-0.25, -0.2) is 0 Å². The van der Waals surface area contributed by atoms with Crippen LogP contribution in [0.25, 0.3) is 0 Å². The van der Waals surface area contributed by atoms with Crippen molar-refractivity contribution >= 4 is 5.97 Å². The molecule has 0 bridgehead atoms. The van der Waals surface area contributed by atoms with Crippen molar-refractivity contribution in [2.45, 2.75) is 12.9 Å². The normalized spacial score (nSPS) is 23.2. The fraction of sp³-hybridized carbons (Fsp3) is 0.667. The summed E-state index contributed by atoms with van der Waals surface area (Å²) in [6, 6.07) is -1.77. The number of nitrogens with two attached hydrogens (primary N) is 1. The smallest absolute Gasteiger partial charge is 0.320 e. The second kappa shape index (κ2) is 1.77. The molecule has 0 saturated heterocycles. The molecule has 3 N–H and O–H groups in total. The second-order valence-electron chi connectivity index (χ2n) is 0.816. The maximum Gasteiger partial charge on any atom is 0.320 e. The van der Waals surface area contributed by atoms with E-state index >= 15 is 0 Å². The molecule has 0 aromatic heterocycles. The van der Waals surface area contributed by atoms with Crippen molar-refractivity contribution in [2.24, 2.45) is 5.73 Å². The molecule has 0 aromatic rings. The molecule has 0 spiro atoms. The van der Waals surface area contributed by atoms with Crippen LogP contribution in [0.15, 0.2) is 0 Å². The highest BCUT2D eigenvalue weighted by atomic mass is 16.4. The number of carboxylic acid groups (broad SMARTS) is 1. The molecule has 0 aromatic carbocycles. The Balaban J connectivity index is 4.04. The van der Waals surface area contributed by atoms with E-state index in [-0.39, 0.29) is 0 Å². The van der Waals surface area contributed by atoms with E-state index < -0.39 is 18.9 Å². The fourth-order valence-corrected chi connectivity index (χ4v) is 0.